The van der Waals surface area contributed by atoms with Crippen molar-refractivity contribution in [2.45, 2.75) is 45.0 Å². The highest BCUT2D eigenvalue weighted by Gasteiger charge is 2.50. The van der Waals surface area contributed by atoms with Gasteiger partial charge in [-0.25, -0.2) is 0 Å². The normalized spacial score (nSPS) is 13.3. The van der Waals surface area contributed by atoms with Gasteiger partial charge in [0, 0.05) is 22.9 Å². The van der Waals surface area contributed by atoms with Crippen LogP contribution in [0, 0.1) is 14.8 Å². The van der Waals surface area contributed by atoms with Crippen LogP contribution in [0.25, 0.3) is 10.1 Å². The summed E-state index contributed by atoms with van der Waals surface area (Å²) in [5, 5.41) is 0.725. The minimum atomic E-state index is -4.20. The van der Waals surface area contributed by atoms with E-state index in [-0.39, 0.29) is 0 Å². The molecule has 1 aromatic carbocycles. The summed E-state index contributed by atoms with van der Waals surface area (Å²) >= 11 is -3.65. The van der Waals surface area contributed by atoms with E-state index in [2.05, 4.69) is 0 Å². The first-order valence-electron chi connectivity index (χ1n) is 6.77. The molecule has 2 rings (SSSR count). The Morgan fingerprint density at radius 1 is 1.04 bits per heavy atom. The molecule has 1 unspecified atom stereocenters. The SMILES string of the molecule is CCc1ccc2cc(C(C)(C)C)[s+](C(F)(F)F)c2c1.[O-][Br+2]([O-])[O-]. The number of hydrogen-bond acceptors (Lipinski definition) is 3. The zero-order chi connectivity index (χ0) is 18.0. The second-order valence-electron chi connectivity index (χ2n) is 5.93. The molecule has 1 aromatic heterocycles. The van der Waals surface area contributed by atoms with E-state index in [1.165, 1.54) is 0 Å². The number of alkyl halides is 3. The van der Waals surface area contributed by atoms with Gasteiger partial charge in [0.2, 0.25) is 14.8 Å². The molecule has 23 heavy (non-hydrogen) atoms. The fourth-order valence-corrected chi connectivity index (χ4v) is 4.41. The monoisotopic (exact) mass is 414 g/mol. The molecule has 1 heterocycles. The molecule has 0 bridgehead atoms. The van der Waals surface area contributed by atoms with Crippen LogP contribution in [0.15, 0.2) is 24.3 Å². The Hall–Kier alpha value is -0.670. The van der Waals surface area contributed by atoms with Crippen molar-refractivity contribution < 1.29 is 40.6 Å². The molecule has 0 aliphatic heterocycles. The number of thiophene rings is 1. The molecule has 130 valence electrons. The molecule has 0 radical (unpaired) electrons. The molecule has 0 spiro atoms. The summed E-state index contributed by atoms with van der Waals surface area (Å²) in [6, 6.07) is 7.18. The summed E-state index contributed by atoms with van der Waals surface area (Å²) in [4.78, 5) is 0.489. The molecular formula is C15H18BrF3O3S. The fourth-order valence-electron chi connectivity index (χ4n) is 2.19. The Kier molecular flexibility index (Phi) is 6.63. The Morgan fingerprint density at radius 2 is 1.57 bits per heavy atom. The molecule has 0 aliphatic rings. The van der Waals surface area contributed by atoms with Crippen LogP contribution < -0.4 is 12.6 Å². The maximum absolute atomic E-state index is 13.4. The number of fused-ring (bicyclic) bond motifs is 1. The first kappa shape index (κ1) is 20.4. The van der Waals surface area contributed by atoms with Crippen molar-refractivity contribution in [3.63, 3.8) is 0 Å². The van der Waals surface area contributed by atoms with Crippen LogP contribution in [-0.2, 0) is 17.3 Å². The Labute approximate surface area is 141 Å². The van der Waals surface area contributed by atoms with E-state index in [1.807, 2.05) is 39.8 Å². The van der Waals surface area contributed by atoms with E-state index < -0.39 is 36.2 Å². The van der Waals surface area contributed by atoms with Crippen LogP contribution in [0.3, 0.4) is 0 Å². The molecule has 0 saturated heterocycles. The molecule has 0 fully saturated rings. The lowest BCUT2D eigenvalue weighted by atomic mass is 9.94. The van der Waals surface area contributed by atoms with Gasteiger partial charge in [-0.2, -0.15) is 0 Å². The molecule has 8 heteroatoms. The van der Waals surface area contributed by atoms with Crippen LogP contribution in [0.5, 0.6) is 0 Å². The van der Waals surface area contributed by atoms with Gasteiger partial charge in [-0.1, -0.05) is 33.8 Å². The maximum atomic E-state index is 13.4. The fraction of sp³-hybridized carbons (Fsp3) is 0.467. The van der Waals surface area contributed by atoms with Crippen molar-refractivity contribution in [1.29, 1.82) is 0 Å². The molecule has 2 aromatic rings. The molecular weight excluding hydrogens is 397 g/mol. The predicted molar refractivity (Wildman–Crippen MR) is 75.8 cm³/mol. The van der Waals surface area contributed by atoms with Crippen molar-refractivity contribution in [3.8, 4) is 0 Å². The molecule has 0 saturated carbocycles. The van der Waals surface area contributed by atoms with Crippen LogP contribution >= 0.6 is 10.5 Å². The second-order valence-corrected chi connectivity index (χ2v) is 8.67. The summed E-state index contributed by atoms with van der Waals surface area (Å²) in [6.45, 7) is 7.49. The largest absolute Gasteiger partial charge is 0.600 e. The van der Waals surface area contributed by atoms with Gasteiger partial charge < -0.3 is 12.6 Å². The van der Waals surface area contributed by atoms with Gasteiger partial charge in [0.25, 0.3) is 0 Å². The lowest BCUT2D eigenvalue weighted by Gasteiger charge is -2.13. The summed E-state index contributed by atoms with van der Waals surface area (Å²) in [5.41, 5.74) is -3.70. The Morgan fingerprint density at radius 3 is 1.96 bits per heavy atom. The molecule has 3 nitrogen and oxygen atoms in total. The number of aryl methyl sites for hydroxylation is 1. The quantitative estimate of drug-likeness (QED) is 0.672. The highest BCUT2D eigenvalue weighted by molar-refractivity contribution is 7.38. The molecule has 0 amide bonds. The van der Waals surface area contributed by atoms with Crippen molar-refractivity contribution in [3.05, 3.63) is 34.7 Å². The average molecular weight is 415 g/mol. The number of hydrogen-bond donors (Lipinski definition) is 0. The molecule has 0 N–H and O–H groups in total. The summed E-state index contributed by atoms with van der Waals surface area (Å²) in [6.07, 6.45) is 0.757. The van der Waals surface area contributed by atoms with Gasteiger partial charge in [0.05, 0.1) is 10.5 Å². The highest BCUT2D eigenvalue weighted by atomic mass is 80.0. The number of benzene rings is 1. The van der Waals surface area contributed by atoms with Gasteiger partial charge in [-0.15, -0.1) is 13.2 Å². The van der Waals surface area contributed by atoms with E-state index in [0.717, 1.165) is 17.4 Å². The highest BCUT2D eigenvalue weighted by Crippen LogP contribution is 2.54. The van der Waals surface area contributed by atoms with Crippen molar-refractivity contribution in [1.82, 2.24) is 0 Å². The zero-order valence-electron chi connectivity index (χ0n) is 13.2. The summed E-state index contributed by atoms with van der Waals surface area (Å²) < 4.78 is 66.3. The first-order chi connectivity index (χ1) is 10.4. The van der Waals surface area contributed by atoms with Crippen molar-refractivity contribution in [2.24, 2.45) is 0 Å². The standard InChI is InChI=1S/C15H18F3S.BrO3/c1-5-10-6-7-11-9-13(14(2,3)4)19(12(11)8-10)15(16,17)18;2-1(3)4/h6-9H,5H2,1-4H3;/q+1;-1. The van der Waals surface area contributed by atoms with E-state index in [1.54, 1.807) is 12.1 Å². The van der Waals surface area contributed by atoms with Crippen molar-refractivity contribution >= 4 is 20.6 Å². The van der Waals surface area contributed by atoms with Gasteiger partial charge >= 0.3 is 5.51 Å². The maximum Gasteiger partial charge on any atom is 0.600 e. The van der Waals surface area contributed by atoms with E-state index >= 15 is 0 Å². The third kappa shape index (κ3) is 5.42. The van der Waals surface area contributed by atoms with Crippen LogP contribution in [0.2, 0.25) is 0 Å². The van der Waals surface area contributed by atoms with Gasteiger partial charge in [-0.3, -0.25) is 0 Å². The van der Waals surface area contributed by atoms with Gasteiger partial charge in [0.1, 0.15) is 0 Å². The number of rotatable bonds is 1. The van der Waals surface area contributed by atoms with Crippen molar-refractivity contribution in [2.75, 3.05) is 0 Å². The average Bonchev–Trinajstić information content (AvgIpc) is 2.75. The Bertz CT molecular complexity index is 658. The summed E-state index contributed by atoms with van der Waals surface area (Å²) in [5.74, 6) is 0. The van der Waals surface area contributed by atoms with Gasteiger partial charge in [0.15, 0.2) is 9.58 Å². The zero-order valence-corrected chi connectivity index (χ0v) is 15.6. The van der Waals surface area contributed by atoms with Crippen LogP contribution in [0.4, 0.5) is 13.2 Å². The molecule has 1 atom stereocenters. The topological polar surface area (TPSA) is 69.2 Å². The van der Waals surface area contributed by atoms with E-state index in [4.69, 9.17) is 12.6 Å². The van der Waals surface area contributed by atoms with E-state index in [9.17, 15) is 13.2 Å². The van der Waals surface area contributed by atoms with Gasteiger partial charge in [-0.05, 0) is 18.1 Å². The Balaban J connectivity index is 0.000000593. The van der Waals surface area contributed by atoms with E-state index in [0.29, 0.717) is 9.58 Å². The first-order valence-corrected chi connectivity index (χ1v) is 9.94. The third-order valence-corrected chi connectivity index (χ3v) is 5.61. The minimum absolute atomic E-state index is 0.441. The predicted octanol–water partition coefficient (Wildman–Crippen LogP) is 2.36. The minimum Gasteiger partial charge on any atom is -0.405 e. The smallest absolute Gasteiger partial charge is 0.405 e. The number of halogens is 4. The van der Waals surface area contributed by atoms with Crippen LogP contribution in [0.1, 0.15) is 38.1 Å². The lowest BCUT2D eigenvalue weighted by molar-refractivity contribution is -1.73. The summed E-state index contributed by atoms with van der Waals surface area (Å²) in [7, 11) is -1.78. The second kappa shape index (κ2) is 7.48. The van der Waals surface area contributed by atoms with Crippen LogP contribution in [-0.4, -0.2) is 0 Å². The third-order valence-electron chi connectivity index (χ3n) is 3.18. The lowest BCUT2D eigenvalue weighted by Crippen LogP contribution is -2.42. The molecule has 0 aliphatic carbocycles.